The highest BCUT2D eigenvalue weighted by atomic mass is 19.1. The molecule has 1 saturated heterocycles. The zero-order valence-electron chi connectivity index (χ0n) is 15.8. The first-order chi connectivity index (χ1) is 13.5. The molecule has 1 fully saturated rings. The Morgan fingerprint density at radius 3 is 2.75 bits per heavy atom. The fourth-order valence-corrected chi connectivity index (χ4v) is 3.63. The van der Waals surface area contributed by atoms with Gasteiger partial charge in [-0.15, -0.1) is 0 Å². The number of nitrogens with zero attached hydrogens (tertiary/aromatic N) is 2. The number of anilines is 3. The SMILES string of the molecule is Cc1cc(NC23N=CC(F)=C(NO2)N3c2ccc3c(c2)NCO3)cc(C)c1C. The van der Waals surface area contributed by atoms with Crippen LogP contribution in [0.2, 0.25) is 0 Å². The van der Waals surface area contributed by atoms with Gasteiger partial charge in [-0.25, -0.2) is 19.7 Å². The monoisotopic (exact) mass is 381 g/mol. The smallest absolute Gasteiger partial charge is 0.352 e. The molecule has 28 heavy (non-hydrogen) atoms. The second kappa shape index (κ2) is 5.87. The van der Waals surface area contributed by atoms with Crippen LogP contribution in [0.4, 0.5) is 21.5 Å². The lowest BCUT2D eigenvalue weighted by Crippen LogP contribution is -2.51. The number of aryl methyl sites for hydroxylation is 2. The zero-order chi connectivity index (χ0) is 19.5. The normalized spacial score (nSPS) is 21.9. The lowest BCUT2D eigenvalue weighted by atomic mass is 10.0. The molecule has 2 aromatic rings. The van der Waals surface area contributed by atoms with Crippen LogP contribution in [0.1, 0.15) is 16.7 Å². The van der Waals surface area contributed by atoms with E-state index >= 15 is 0 Å². The minimum absolute atomic E-state index is 0.196. The molecule has 0 aliphatic carbocycles. The maximum Gasteiger partial charge on any atom is 0.352 e. The molecule has 1 atom stereocenters. The average molecular weight is 381 g/mol. The molecule has 3 N–H and O–H groups in total. The minimum atomic E-state index is -1.34. The second-order valence-electron chi connectivity index (χ2n) is 7.11. The molecule has 3 heterocycles. The molecule has 2 aromatic carbocycles. The highest BCUT2D eigenvalue weighted by Crippen LogP contribution is 2.42. The van der Waals surface area contributed by atoms with Crippen LogP contribution >= 0.6 is 0 Å². The van der Waals surface area contributed by atoms with Crippen LogP contribution in [-0.2, 0) is 4.84 Å². The fourth-order valence-electron chi connectivity index (χ4n) is 3.63. The highest BCUT2D eigenvalue weighted by molar-refractivity contribution is 5.83. The third kappa shape index (κ3) is 2.41. The summed E-state index contributed by atoms with van der Waals surface area (Å²) in [5, 5.41) is 6.47. The molecule has 7 nitrogen and oxygen atoms in total. The first-order valence-electron chi connectivity index (χ1n) is 9.03. The van der Waals surface area contributed by atoms with Gasteiger partial charge >= 0.3 is 5.97 Å². The van der Waals surface area contributed by atoms with E-state index in [2.05, 4.69) is 41.9 Å². The molecule has 8 heteroatoms. The van der Waals surface area contributed by atoms with Gasteiger partial charge in [-0.05, 0) is 67.8 Å². The van der Waals surface area contributed by atoms with E-state index < -0.39 is 11.8 Å². The number of halogens is 1. The first kappa shape index (κ1) is 16.9. The Balaban J connectivity index is 1.58. The number of ether oxygens (including phenoxy) is 1. The van der Waals surface area contributed by atoms with E-state index in [0.717, 1.165) is 28.3 Å². The number of benzene rings is 2. The van der Waals surface area contributed by atoms with Gasteiger partial charge in [0.1, 0.15) is 5.75 Å². The number of rotatable bonds is 3. The molecular formula is C20H20FN5O2. The maximum absolute atomic E-state index is 14.5. The molecule has 0 amide bonds. The number of allylic oxidation sites excluding steroid dienone is 1. The van der Waals surface area contributed by atoms with Crippen LogP contribution in [0.3, 0.4) is 0 Å². The third-order valence-corrected chi connectivity index (χ3v) is 5.34. The fraction of sp³-hybridized carbons (Fsp3) is 0.250. The topological polar surface area (TPSA) is 70.2 Å². The third-order valence-electron chi connectivity index (χ3n) is 5.34. The lowest BCUT2D eigenvalue weighted by Gasteiger charge is -2.35. The van der Waals surface area contributed by atoms with Gasteiger partial charge in [0.15, 0.2) is 18.4 Å². The summed E-state index contributed by atoms with van der Waals surface area (Å²) in [5.41, 5.74) is 8.58. The summed E-state index contributed by atoms with van der Waals surface area (Å²) in [6, 6.07) is 9.62. The lowest BCUT2D eigenvalue weighted by molar-refractivity contribution is -0.0214. The molecule has 0 spiro atoms. The summed E-state index contributed by atoms with van der Waals surface area (Å²) < 4.78 is 19.9. The maximum atomic E-state index is 14.5. The molecule has 0 saturated carbocycles. The number of nitrogens with one attached hydrogen (secondary N) is 3. The van der Waals surface area contributed by atoms with Gasteiger partial charge in [0.25, 0.3) is 0 Å². The molecule has 1 unspecified atom stereocenters. The van der Waals surface area contributed by atoms with E-state index in [0.29, 0.717) is 12.4 Å². The van der Waals surface area contributed by atoms with Crippen molar-refractivity contribution in [1.82, 2.24) is 5.48 Å². The van der Waals surface area contributed by atoms with Gasteiger partial charge in [0, 0.05) is 5.69 Å². The van der Waals surface area contributed by atoms with Crippen molar-refractivity contribution in [3.05, 3.63) is 58.7 Å². The van der Waals surface area contributed by atoms with Crippen LogP contribution in [0.5, 0.6) is 5.75 Å². The minimum Gasteiger partial charge on any atom is -0.471 e. The first-order valence-corrected chi connectivity index (χ1v) is 9.03. The Bertz CT molecular complexity index is 1030. The Morgan fingerprint density at radius 2 is 1.96 bits per heavy atom. The van der Waals surface area contributed by atoms with Crippen molar-refractivity contribution in [3.63, 3.8) is 0 Å². The van der Waals surface area contributed by atoms with Crippen molar-refractivity contribution in [2.75, 3.05) is 22.3 Å². The average Bonchev–Trinajstić information content (AvgIpc) is 3.24. The molecule has 0 radical (unpaired) electrons. The molecule has 2 bridgehead atoms. The Labute approximate surface area is 161 Å². The second-order valence-corrected chi connectivity index (χ2v) is 7.11. The van der Waals surface area contributed by atoms with Crippen molar-refractivity contribution < 1.29 is 14.0 Å². The van der Waals surface area contributed by atoms with Gasteiger partial charge in [-0.3, -0.25) is 4.90 Å². The van der Waals surface area contributed by atoms with Gasteiger partial charge < -0.3 is 15.4 Å². The number of hydrogen-bond acceptors (Lipinski definition) is 7. The molecule has 0 aromatic heterocycles. The predicted molar refractivity (Wildman–Crippen MR) is 106 cm³/mol. The van der Waals surface area contributed by atoms with E-state index in [1.54, 1.807) is 4.90 Å². The molecule has 3 aliphatic heterocycles. The van der Waals surface area contributed by atoms with Crippen LogP contribution in [0, 0.1) is 20.8 Å². The molecular weight excluding hydrogens is 361 g/mol. The van der Waals surface area contributed by atoms with Crippen LogP contribution in [-0.4, -0.2) is 18.9 Å². The van der Waals surface area contributed by atoms with Crippen molar-refractivity contribution >= 4 is 23.3 Å². The van der Waals surface area contributed by atoms with Gasteiger partial charge in [-0.2, -0.15) is 0 Å². The van der Waals surface area contributed by atoms with Crippen molar-refractivity contribution in [2.45, 2.75) is 26.7 Å². The largest absolute Gasteiger partial charge is 0.471 e. The van der Waals surface area contributed by atoms with Crippen molar-refractivity contribution in [1.29, 1.82) is 0 Å². The van der Waals surface area contributed by atoms with Crippen LogP contribution in [0.25, 0.3) is 0 Å². The summed E-state index contributed by atoms with van der Waals surface area (Å²) in [6.07, 6.45) is 1.17. The Morgan fingerprint density at radius 1 is 1.18 bits per heavy atom. The number of hydroxylamine groups is 1. The Hall–Kier alpha value is -3.26. The molecule has 144 valence electrons. The summed E-state index contributed by atoms with van der Waals surface area (Å²) >= 11 is 0. The quantitative estimate of drug-likeness (QED) is 0.754. The van der Waals surface area contributed by atoms with Crippen molar-refractivity contribution in [3.8, 4) is 5.75 Å². The summed E-state index contributed by atoms with van der Waals surface area (Å²) in [5.74, 6) is -0.892. The van der Waals surface area contributed by atoms with E-state index in [-0.39, 0.29) is 5.82 Å². The standard InChI is InChI=1S/C20H20FN5O2/c1-11-6-14(7-12(2)13(11)3)24-20-23-9-16(21)19(25-28-20)26(20)15-4-5-18-17(8-15)22-10-27-18/h4-9,22,24-25H,10H2,1-3H3. The van der Waals surface area contributed by atoms with Gasteiger partial charge in [-0.1, -0.05) is 0 Å². The van der Waals surface area contributed by atoms with E-state index in [9.17, 15) is 4.39 Å². The van der Waals surface area contributed by atoms with Gasteiger partial charge in [0.2, 0.25) is 0 Å². The van der Waals surface area contributed by atoms with Gasteiger partial charge in [0.05, 0.1) is 17.6 Å². The highest BCUT2D eigenvalue weighted by Gasteiger charge is 2.50. The van der Waals surface area contributed by atoms with E-state index in [1.807, 2.05) is 30.3 Å². The number of fused-ring (bicyclic) bond motifs is 3. The molecule has 3 aliphatic rings. The number of hydrogen-bond donors (Lipinski definition) is 3. The van der Waals surface area contributed by atoms with E-state index in [1.165, 1.54) is 11.8 Å². The summed E-state index contributed by atoms with van der Waals surface area (Å²) in [4.78, 5) is 11.8. The van der Waals surface area contributed by atoms with Crippen molar-refractivity contribution in [2.24, 2.45) is 4.99 Å². The molecule has 5 rings (SSSR count). The predicted octanol–water partition coefficient (Wildman–Crippen LogP) is 3.66. The number of aliphatic imine (C=N–C) groups is 1. The summed E-state index contributed by atoms with van der Waals surface area (Å²) in [6.45, 7) is 6.60. The summed E-state index contributed by atoms with van der Waals surface area (Å²) in [7, 11) is 0. The van der Waals surface area contributed by atoms with E-state index in [4.69, 9.17) is 9.57 Å². The van der Waals surface area contributed by atoms with Crippen LogP contribution in [0.15, 0.2) is 47.0 Å². The Kier molecular flexibility index (Phi) is 3.54. The zero-order valence-corrected chi connectivity index (χ0v) is 15.8. The van der Waals surface area contributed by atoms with Crippen LogP contribution < -0.4 is 25.8 Å².